The summed E-state index contributed by atoms with van der Waals surface area (Å²) in [6.45, 7) is 9.88. The maximum absolute atomic E-state index is 11.0. The smallest absolute Gasteiger partial charge is 0.338 e. The molecule has 0 radical (unpaired) electrons. The van der Waals surface area contributed by atoms with Crippen molar-refractivity contribution >= 4 is 11.9 Å². The summed E-state index contributed by atoms with van der Waals surface area (Å²) < 4.78 is 23.7. The van der Waals surface area contributed by atoms with E-state index in [9.17, 15) is 9.59 Å². The Morgan fingerprint density at radius 3 is 1.13 bits per heavy atom. The van der Waals surface area contributed by atoms with E-state index in [1.54, 1.807) is 0 Å². The van der Waals surface area contributed by atoms with Gasteiger partial charge in [0.15, 0.2) is 0 Å². The molecule has 0 aliphatic rings. The number of esters is 2. The lowest BCUT2D eigenvalue weighted by Gasteiger charge is -1.96. The number of rotatable bonds is 10. The Kier molecular flexibility index (Phi) is 10.8. The van der Waals surface area contributed by atoms with Crippen molar-refractivity contribution < 1.29 is 33.3 Å². The van der Waals surface area contributed by atoms with E-state index in [0.717, 1.165) is 25.0 Å². The first kappa shape index (κ1) is 19.8. The third-order valence-corrected chi connectivity index (χ3v) is 1.74. The zero-order chi connectivity index (χ0) is 17.5. The third-order valence-electron chi connectivity index (χ3n) is 1.74. The van der Waals surface area contributed by atoms with Crippen molar-refractivity contribution in [3.8, 4) is 0 Å². The lowest BCUT2D eigenvalue weighted by atomic mass is 10.4. The van der Waals surface area contributed by atoms with Crippen LogP contribution in [0.5, 0.6) is 0 Å². The number of hydrogen-bond donors (Lipinski definition) is 0. The highest BCUT2D eigenvalue weighted by Gasteiger charge is 1.99. The molecule has 0 heterocycles. The van der Waals surface area contributed by atoms with Crippen LogP contribution in [0.15, 0.2) is 74.4 Å². The fourth-order valence-corrected chi connectivity index (χ4v) is 0.709. The van der Waals surface area contributed by atoms with Crippen LogP contribution in [0.1, 0.15) is 13.8 Å². The van der Waals surface area contributed by atoms with Crippen LogP contribution < -0.4 is 0 Å². The van der Waals surface area contributed by atoms with Crippen LogP contribution in [0.25, 0.3) is 0 Å². The molecule has 0 aliphatic heterocycles. The molecule has 0 unspecified atom stereocenters. The molecule has 0 spiro atoms. The van der Waals surface area contributed by atoms with E-state index >= 15 is 0 Å². The van der Waals surface area contributed by atoms with Crippen molar-refractivity contribution in [3.05, 3.63) is 74.4 Å². The van der Waals surface area contributed by atoms with Crippen molar-refractivity contribution in [1.29, 1.82) is 0 Å². The topological polar surface area (TPSA) is 80.3 Å². The van der Waals surface area contributed by atoms with Gasteiger partial charge in [-0.05, 0) is 13.8 Å². The molecule has 0 bridgehead atoms. The van der Waals surface area contributed by atoms with Gasteiger partial charge in [0.25, 0.3) is 0 Å². The zero-order valence-corrected chi connectivity index (χ0v) is 12.9. The van der Waals surface area contributed by atoms with Crippen molar-refractivity contribution in [3.63, 3.8) is 0 Å². The molecule has 0 aromatic heterocycles. The van der Waals surface area contributed by atoms with Crippen LogP contribution in [-0.2, 0) is 33.3 Å². The summed E-state index contributed by atoms with van der Waals surface area (Å²) in [5.74, 6) is -1.10. The molecule has 23 heavy (non-hydrogen) atoms. The number of hydrogen-bond acceptors (Lipinski definition) is 7. The molecule has 0 atom stereocenters. The highest BCUT2D eigenvalue weighted by atomic mass is 16.6. The molecule has 7 heteroatoms. The summed E-state index contributed by atoms with van der Waals surface area (Å²) in [7, 11) is 0. The summed E-state index contributed by atoms with van der Waals surface area (Å²) in [5, 5.41) is 0. The molecule has 0 aliphatic carbocycles. The first-order valence-corrected chi connectivity index (χ1v) is 6.24. The second-order valence-corrected chi connectivity index (χ2v) is 3.87. The molecular formula is C16H18O7. The standard InChI is InChI=1S/C16H18O7/c1-13(2)15(17)22-11-9-20-7-5-19-6-8-21-10-12-23-16(18)14(3)4/h5-12H,1,3H2,2,4H3. The van der Waals surface area contributed by atoms with Crippen molar-refractivity contribution in [1.82, 2.24) is 0 Å². The Bertz CT molecular complexity index is 491. The van der Waals surface area contributed by atoms with E-state index in [0.29, 0.717) is 0 Å². The van der Waals surface area contributed by atoms with Gasteiger partial charge in [-0.1, -0.05) is 13.2 Å². The molecule has 0 amide bonds. The average Bonchev–Trinajstić information content (AvgIpc) is 2.50. The van der Waals surface area contributed by atoms with Gasteiger partial charge < -0.3 is 23.7 Å². The van der Waals surface area contributed by atoms with E-state index < -0.39 is 11.9 Å². The monoisotopic (exact) mass is 322 g/mol. The fourth-order valence-electron chi connectivity index (χ4n) is 0.709. The first-order chi connectivity index (χ1) is 10.9. The van der Waals surface area contributed by atoms with E-state index in [2.05, 4.69) is 22.6 Å². The minimum Gasteiger partial charge on any atom is -0.466 e. The summed E-state index contributed by atoms with van der Waals surface area (Å²) in [5.41, 5.74) is 0.559. The van der Waals surface area contributed by atoms with Gasteiger partial charge in [0, 0.05) is 11.1 Å². The summed E-state index contributed by atoms with van der Waals surface area (Å²) in [6, 6.07) is 0. The molecule has 124 valence electrons. The van der Waals surface area contributed by atoms with Gasteiger partial charge >= 0.3 is 11.9 Å². The second kappa shape index (κ2) is 12.5. The van der Waals surface area contributed by atoms with E-state index in [-0.39, 0.29) is 11.1 Å². The second-order valence-electron chi connectivity index (χ2n) is 3.87. The van der Waals surface area contributed by atoms with Crippen LogP contribution in [0.4, 0.5) is 0 Å². The van der Waals surface area contributed by atoms with Gasteiger partial charge in [-0.2, -0.15) is 0 Å². The maximum Gasteiger partial charge on any atom is 0.338 e. The Morgan fingerprint density at radius 1 is 0.609 bits per heavy atom. The Hall–Kier alpha value is -3.22. The van der Waals surface area contributed by atoms with Crippen LogP contribution in [0, 0.1) is 0 Å². The summed E-state index contributed by atoms with van der Waals surface area (Å²) in [6.07, 6.45) is 9.21. The molecule has 0 rings (SSSR count). The number of ether oxygens (including phenoxy) is 5. The predicted octanol–water partition coefficient (Wildman–Crippen LogP) is 3.16. The van der Waals surface area contributed by atoms with E-state index in [1.165, 1.54) is 38.9 Å². The minimum atomic E-state index is -0.549. The molecule has 7 nitrogen and oxygen atoms in total. The highest BCUT2D eigenvalue weighted by molar-refractivity contribution is 5.87. The number of carbonyl (C=O) groups is 2. The third kappa shape index (κ3) is 12.2. The maximum atomic E-state index is 11.0. The van der Waals surface area contributed by atoms with Gasteiger partial charge in [-0.15, -0.1) is 0 Å². The van der Waals surface area contributed by atoms with Gasteiger partial charge in [0.05, 0.1) is 0 Å². The van der Waals surface area contributed by atoms with Gasteiger partial charge in [-0.25, -0.2) is 9.59 Å². The largest absolute Gasteiger partial charge is 0.466 e. The quantitative estimate of drug-likeness (QED) is 0.347. The molecule has 0 saturated carbocycles. The SMILES string of the molecule is C=C(C)C(=O)OC=COC=COC=COC=COC(=O)C(=C)C. The van der Waals surface area contributed by atoms with Crippen LogP contribution in [-0.4, -0.2) is 11.9 Å². The van der Waals surface area contributed by atoms with Gasteiger partial charge in [0.1, 0.15) is 50.1 Å². The Balaban J connectivity index is 3.70. The molecule has 0 N–H and O–H groups in total. The molecule has 0 saturated heterocycles. The van der Waals surface area contributed by atoms with Crippen molar-refractivity contribution in [2.75, 3.05) is 0 Å². The van der Waals surface area contributed by atoms with Gasteiger partial charge in [-0.3, -0.25) is 0 Å². The Morgan fingerprint density at radius 2 is 0.870 bits per heavy atom. The van der Waals surface area contributed by atoms with E-state index in [4.69, 9.17) is 14.2 Å². The van der Waals surface area contributed by atoms with Crippen LogP contribution in [0.3, 0.4) is 0 Å². The average molecular weight is 322 g/mol. The van der Waals surface area contributed by atoms with Crippen LogP contribution in [0.2, 0.25) is 0 Å². The fraction of sp³-hybridized carbons (Fsp3) is 0.125. The molecule has 0 aromatic carbocycles. The molecule has 0 aromatic rings. The van der Waals surface area contributed by atoms with Crippen molar-refractivity contribution in [2.24, 2.45) is 0 Å². The predicted molar refractivity (Wildman–Crippen MR) is 81.6 cm³/mol. The van der Waals surface area contributed by atoms with E-state index in [1.807, 2.05) is 0 Å². The summed E-state index contributed by atoms with van der Waals surface area (Å²) >= 11 is 0. The lowest BCUT2D eigenvalue weighted by molar-refractivity contribution is -0.134. The van der Waals surface area contributed by atoms with Gasteiger partial charge in [0.2, 0.25) is 0 Å². The van der Waals surface area contributed by atoms with Crippen LogP contribution >= 0.6 is 0 Å². The minimum absolute atomic E-state index is 0.280. The molecular weight excluding hydrogens is 304 g/mol. The highest BCUT2D eigenvalue weighted by Crippen LogP contribution is 1.94. The first-order valence-electron chi connectivity index (χ1n) is 6.24. The lowest BCUT2D eigenvalue weighted by Crippen LogP contribution is -1.98. The molecule has 0 fully saturated rings. The van der Waals surface area contributed by atoms with Crippen molar-refractivity contribution in [2.45, 2.75) is 13.8 Å². The summed E-state index contributed by atoms with van der Waals surface area (Å²) in [4.78, 5) is 21.9. The zero-order valence-electron chi connectivity index (χ0n) is 12.9. The number of carbonyl (C=O) groups excluding carboxylic acids is 2. The Labute approximate surface area is 134 Å². The normalized spacial score (nSPS) is 11.0.